The number of hydrogen-bond donors (Lipinski definition) is 2. The number of carbonyl (C=O) groups excluding carboxylic acids is 2. The Bertz CT molecular complexity index is 840. The molecule has 0 aromatic carbocycles. The van der Waals surface area contributed by atoms with Gasteiger partial charge in [-0.05, 0) is 45.6 Å². The van der Waals surface area contributed by atoms with Gasteiger partial charge in [0.05, 0.1) is 13.2 Å². The monoisotopic (exact) mass is 732 g/mol. The summed E-state index contributed by atoms with van der Waals surface area (Å²) in [6.45, 7) is 4.22. The lowest BCUT2D eigenvalue weighted by Gasteiger charge is -2.20. The molecule has 2 unspecified atom stereocenters. The van der Waals surface area contributed by atoms with Gasteiger partial charge in [-0.3, -0.25) is 18.6 Å². The Morgan fingerprint density at radius 2 is 1.02 bits per heavy atom. The number of nitrogens with one attached hydrogen (secondary N) is 1. The molecule has 0 amide bonds. The fraction of sp³-hybridized carbons (Fsp3) is 0.900. The van der Waals surface area contributed by atoms with E-state index in [2.05, 4.69) is 31.3 Å². The Morgan fingerprint density at radius 1 is 0.600 bits per heavy atom. The van der Waals surface area contributed by atoms with Crippen molar-refractivity contribution in [2.75, 3.05) is 33.4 Å². The maximum absolute atomic E-state index is 12.6. The van der Waals surface area contributed by atoms with E-state index in [0.717, 1.165) is 44.9 Å². The van der Waals surface area contributed by atoms with Crippen LogP contribution in [0.3, 0.4) is 0 Å². The minimum atomic E-state index is -4.34. The zero-order valence-electron chi connectivity index (χ0n) is 32.6. The average Bonchev–Trinajstić information content (AvgIpc) is 3.09. The van der Waals surface area contributed by atoms with E-state index in [9.17, 15) is 19.0 Å². The van der Waals surface area contributed by atoms with Crippen LogP contribution in [0.15, 0.2) is 12.2 Å². The van der Waals surface area contributed by atoms with Crippen LogP contribution in [0.25, 0.3) is 0 Å². The minimum absolute atomic E-state index is 0.0148. The molecule has 0 rings (SSSR count). The lowest BCUT2D eigenvalue weighted by molar-refractivity contribution is -0.161. The van der Waals surface area contributed by atoms with Crippen molar-refractivity contribution in [1.82, 2.24) is 5.32 Å². The van der Waals surface area contributed by atoms with Gasteiger partial charge in [0.25, 0.3) is 0 Å². The number of phosphoric ester groups is 1. The van der Waals surface area contributed by atoms with Gasteiger partial charge in [-0.25, -0.2) is 4.57 Å². The molecule has 50 heavy (non-hydrogen) atoms. The van der Waals surface area contributed by atoms with Crippen molar-refractivity contribution >= 4 is 19.8 Å². The third-order valence-corrected chi connectivity index (χ3v) is 9.87. The molecule has 0 heterocycles. The van der Waals surface area contributed by atoms with Crippen LogP contribution in [0, 0.1) is 0 Å². The first-order chi connectivity index (χ1) is 24.3. The highest BCUT2D eigenvalue weighted by Gasteiger charge is 2.26. The molecule has 10 heteroatoms. The van der Waals surface area contributed by atoms with Crippen LogP contribution in [-0.2, 0) is 32.7 Å². The van der Waals surface area contributed by atoms with E-state index < -0.39 is 26.5 Å². The quantitative estimate of drug-likeness (QED) is 0.0275. The number of allylic oxidation sites excluding steroid dienone is 2. The molecule has 0 aromatic heterocycles. The molecule has 0 aliphatic rings. The van der Waals surface area contributed by atoms with E-state index >= 15 is 0 Å². The van der Waals surface area contributed by atoms with E-state index in [1.54, 1.807) is 7.05 Å². The highest BCUT2D eigenvalue weighted by molar-refractivity contribution is 7.47. The van der Waals surface area contributed by atoms with Gasteiger partial charge >= 0.3 is 19.8 Å². The van der Waals surface area contributed by atoms with E-state index in [1.165, 1.54) is 116 Å². The van der Waals surface area contributed by atoms with Gasteiger partial charge in [-0.2, -0.15) is 0 Å². The molecule has 0 radical (unpaired) electrons. The van der Waals surface area contributed by atoms with Gasteiger partial charge in [0.2, 0.25) is 0 Å². The van der Waals surface area contributed by atoms with Crippen LogP contribution < -0.4 is 5.32 Å². The molecule has 0 aliphatic heterocycles. The molecular formula is C40H78NO8P. The fourth-order valence-corrected chi connectivity index (χ4v) is 6.48. The Balaban J connectivity index is 4.24. The molecule has 0 fully saturated rings. The van der Waals surface area contributed by atoms with Crippen molar-refractivity contribution in [3.8, 4) is 0 Å². The molecule has 0 saturated carbocycles. The number of carbonyl (C=O) groups is 2. The van der Waals surface area contributed by atoms with Gasteiger partial charge in [0, 0.05) is 19.4 Å². The predicted molar refractivity (Wildman–Crippen MR) is 206 cm³/mol. The maximum Gasteiger partial charge on any atom is 0.472 e. The van der Waals surface area contributed by atoms with Crippen molar-refractivity contribution < 1.29 is 37.6 Å². The lowest BCUT2D eigenvalue weighted by atomic mass is 10.0. The fourth-order valence-electron chi connectivity index (χ4n) is 5.72. The molecule has 2 N–H and O–H groups in total. The highest BCUT2D eigenvalue weighted by atomic mass is 31.2. The summed E-state index contributed by atoms with van der Waals surface area (Å²) in [7, 11) is -2.64. The second-order valence-corrected chi connectivity index (χ2v) is 15.3. The number of likely N-dealkylation sites (N-methyl/N-ethyl adjacent to an activating group) is 1. The second-order valence-electron chi connectivity index (χ2n) is 13.8. The molecule has 0 aromatic rings. The van der Waals surface area contributed by atoms with Crippen LogP contribution >= 0.6 is 7.82 Å². The number of hydrogen-bond acceptors (Lipinski definition) is 8. The van der Waals surface area contributed by atoms with Gasteiger partial charge in [-0.1, -0.05) is 154 Å². The maximum atomic E-state index is 12.6. The molecule has 296 valence electrons. The van der Waals surface area contributed by atoms with Gasteiger partial charge < -0.3 is 19.7 Å². The highest BCUT2D eigenvalue weighted by Crippen LogP contribution is 2.43. The van der Waals surface area contributed by atoms with Crippen molar-refractivity contribution in [3.63, 3.8) is 0 Å². The van der Waals surface area contributed by atoms with E-state index in [4.69, 9.17) is 18.5 Å². The first-order valence-corrected chi connectivity index (χ1v) is 22.1. The molecule has 2 atom stereocenters. The van der Waals surface area contributed by atoms with E-state index in [1.807, 2.05) is 0 Å². The van der Waals surface area contributed by atoms with E-state index in [0.29, 0.717) is 19.4 Å². The Hall–Kier alpha value is -1.25. The predicted octanol–water partition coefficient (Wildman–Crippen LogP) is 11.3. The molecule has 0 spiro atoms. The Kier molecular flexibility index (Phi) is 36.6. The van der Waals surface area contributed by atoms with E-state index in [-0.39, 0.29) is 25.6 Å². The molecular weight excluding hydrogens is 653 g/mol. The summed E-state index contributed by atoms with van der Waals surface area (Å²) in [5.74, 6) is -0.804. The summed E-state index contributed by atoms with van der Waals surface area (Å²) in [5.41, 5.74) is 0. The zero-order valence-corrected chi connectivity index (χ0v) is 33.5. The summed E-state index contributed by atoms with van der Waals surface area (Å²) in [6, 6.07) is 0. The van der Waals surface area contributed by atoms with Crippen LogP contribution in [0.5, 0.6) is 0 Å². The smallest absolute Gasteiger partial charge is 0.462 e. The summed E-state index contributed by atoms with van der Waals surface area (Å²) >= 11 is 0. The van der Waals surface area contributed by atoms with Crippen LogP contribution in [0.1, 0.15) is 194 Å². The normalized spacial score (nSPS) is 13.4. The number of unbranched alkanes of at least 4 members (excludes halogenated alkanes) is 23. The Labute approximate surface area is 307 Å². The lowest BCUT2D eigenvalue weighted by Crippen LogP contribution is -2.29. The molecule has 0 bridgehead atoms. The minimum Gasteiger partial charge on any atom is -0.462 e. The van der Waals surface area contributed by atoms with Crippen molar-refractivity contribution in [2.24, 2.45) is 0 Å². The first kappa shape index (κ1) is 48.8. The van der Waals surface area contributed by atoms with Crippen molar-refractivity contribution in [1.29, 1.82) is 0 Å². The SMILES string of the molecule is CCCCCC/C=C\CCCCCCCCCC(=O)OC(COC(=O)CCCCCCCCCCCCCCC)COP(=O)(O)OCCNC. The number of ether oxygens (including phenoxy) is 2. The Morgan fingerprint density at radius 3 is 1.50 bits per heavy atom. The standard InChI is InChI=1S/C40H78NO8P/c1-4-6-8-10-12-14-16-18-19-21-23-25-27-29-31-33-40(43)49-38(37-48-50(44,45)47-35-34-41-3)36-46-39(42)32-30-28-26-24-22-20-17-15-13-11-9-7-5-2/h14,16,38,41H,4-13,15,17-37H2,1-3H3,(H,44,45)/b16-14-. The molecule has 0 saturated heterocycles. The van der Waals surface area contributed by atoms with Crippen LogP contribution in [-0.4, -0.2) is 56.3 Å². The molecule has 0 aliphatic carbocycles. The average molecular weight is 732 g/mol. The topological polar surface area (TPSA) is 120 Å². The summed E-state index contributed by atoms with van der Waals surface area (Å²) in [6.07, 6.45) is 35.3. The largest absolute Gasteiger partial charge is 0.472 e. The third kappa shape index (κ3) is 36.5. The summed E-state index contributed by atoms with van der Waals surface area (Å²) < 4.78 is 33.1. The zero-order chi connectivity index (χ0) is 36.8. The number of esters is 2. The second kappa shape index (κ2) is 37.5. The first-order valence-electron chi connectivity index (χ1n) is 20.6. The van der Waals surface area contributed by atoms with Gasteiger partial charge in [0.1, 0.15) is 6.61 Å². The van der Waals surface area contributed by atoms with Crippen molar-refractivity contribution in [3.05, 3.63) is 12.2 Å². The van der Waals surface area contributed by atoms with Crippen LogP contribution in [0.2, 0.25) is 0 Å². The summed E-state index contributed by atoms with van der Waals surface area (Å²) in [4.78, 5) is 34.9. The third-order valence-electron chi connectivity index (χ3n) is 8.89. The van der Waals surface area contributed by atoms with Gasteiger partial charge in [-0.15, -0.1) is 0 Å². The number of phosphoric acid groups is 1. The molecule has 9 nitrogen and oxygen atoms in total. The van der Waals surface area contributed by atoms with Crippen molar-refractivity contribution in [2.45, 2.75) is 200 Å². The van der Waals surface area contributed by atoms with Gasteiger partial charge in [0.15, 0.2) is 6.10 Å². The number of rotatable bonds is 39. The van der Waals surface area contributed by atoms with Crippen LogP contribution in [0.4, 0.5) is 0 Å². The summed E-state index contributed by atoms with van der Waals surface area (Å²) in [5, 5.41) is 2.82.